The molecule has 0 bridgehead atoms. The summed E-state index contributed by atoms with van der Waals surface area (Å²) in [6, 6.07) is 1.50. The Balaban J connectivity index is 1.83. The van der Waals surface area contributed by atoms with Gasteiger partial charge >= 0.3 is 0 Å². The number of hydrogen-bond donors (Lipinski definition) is 1. The molecule has 2 aliphatic rings. The van der Waals surface area contributed by atoms with E-state index in [4.69, 9.17) is 5.73 Å². The summed E-state index contributed by atoms with van der Waals surface area (Å²) in [6.45, 7) is 0.746. The molecule has 1 saturated heterocycles. The molecule has 1 aliphatic carbocycles. The second-order valence-electron chi connectivity index (χ2n) is 5.84. The minimum absolute atomic E-state index is 0.119. The van der Waals surface area contributed by atoms with Crippen molar-refractivity contribution in [1.82, 2.24) is 9.88 Å². The Morgan fingerprint density at radius 1 is 1.30 bits per heavy atom. The summed E-state index contributed by atoms with van der Waals surface area (Å²) in [6.07, 6.45) is 8.04. The molecule has 0 aromatic carbocycles. The van der Waals surface area contributed by atoms with Crippen LogP contribution in [0, 0.1) is 11.7 Å². The summed E-state index contributed by atoms with van der Waals surface area (Å²) < 4.78 is 13.3. The van der Waals surface area contributed by atoms with Crippen LogP contribution in [0.1, 0.15) is 48.9 Å². The van der Waals surface area contributed by atoms with E-state index in [1.54, 1.807) is 0 Å². The number of likely N-dealkylation sites (tertiary alicyclic amines) is 1. The molecule has 3 rings (SSSR count). The molecule has 0 radical (unpaired) electrons. The van der Waals surface area contributed by atoms with E-state index in [1.165, 1.54) is 31.7 Å². The fourth-order valence-corrected chi connectivity index (χ4v) is 3.65. The highest BCUT2D eigenvalue weighted by Gasteiger charge is 2.36. The van der Waals surface area contributed by atoms with E-state index in [2.05, 4.69) is 4.98 Å². The maximum absolute atomic E-state index is 13.3. The number of amides is 1. The number of nitrogens with two attached hydrogens (primary N) is 1. The fraction of sp³-hybridized carbons (Fsp3) is 0.600. The molecule has 2 heterocycles. The van der Waals surface area contributed by atoms with Crippen LogP contribution in [0.3, 0.4) is 0 Å². The van der Waals surface area contributed by atoms with Gasteiger partial charge in [-0.3, -0.25) is 4.79 Å². The third-order valence-corrected chi connectivity index (χ3v) is 4.62. The van der Waals surface area contributed by atoms with Crippen molar-refractivity contribution >= 4 is 11.7 Å². The quantitative estimate of drug-likeness (QED) is 0.904. The van der Waals surface area contributed by atoms with Crippen molar-refractivity contribution in [2.24, 2.45) is 5.92 Å². The van der Waals surface area contributed by atoms with Gasteiger partial charge in [0.1, 0.15) is 11.6 Å². The van der Waals surface area contributed by atoms with E-state index in [0.29, 0.717) is 12.0 Å². The van der Waals surface area contributed by atoms with Gasteiger partial charge in [0.05, 0.1) is 11.8 Å². The van der Waals surface area contributed by atoms with Crippen LogP contribution in [0.5, 0.6) is 0 Å². The van der Waals surface area contributed by atoms with Crippen molar-refractivity contribution in [3.8, 4) is 0 Å². The van der Waals surface area contributed by atoms with Crippen LogP contribution >= 0.6 is 0 Å². The first kappa shape index (κ1) is 13.3. The predicted octanol–water partition coefficient (Wildman–Crippen LogP) is 2.60. The second kappa shape index (κ2) is 5.38. The van der Waals surface area contributed by atoms with E-state index < -0.39 is 5.82 Å². The van der Waals surface area contributed by atoms with Crippen molar-refractivity contribution in [2.75, 3.05) is 12.3 Å². The average molecular weight is 277 g/mol. The van der Waals surface area contributed by atoms with Crippen molar-refractivity contribution < 1.29 is 9.18 Å². The number of carbonyl (C=O) groups is 1. The number of halogens is 1. The molecular formula is C15H20FN3O. The molecule has 1 unspecified atom stereocenters. The molecule has 1 aromatic heterocycles. The zero-order valence-electron chi connectivity index (χ0n) is 11.5. The van der Waals surface area contributed by atoms with Gasteiger partial charge < -0.3 is 10.6 Å². The van der Waals surface area contributed by atoms with Gasteiger partial charge in [0.25, 0.3) is 5.91 Å². The molecule has 2 fully saturated rings. The van der Waals surface area contributed by atoms with E-state index in [-0.39, 0.29) is 17.3 Å². The van der Waals surface area contributed by atoms with Crippen molar-refractivity contribution in [2.45, 2.75) is 44.6 Å². The lowest BCUT2D eigenvalue weighted by Crippen LogP contribution is -2.39. The Morgan fingerprint density at radius 3 is 2.80 bits per heavy atom. The van der Waals surface area contributed by atoms with Crippen LogP contribution in [0.2, 0.25) is 0 Å². The van der Waals surface area contributed by atoms with E-state index in [9.17, 15) is 9.18 Å². The molecule has 20 heavy (non-hydrogen) atoms. The molecule has 4 nitrogen and oxygen atoms in total. The maximum Gasteiger partial charge on any atom is 0.257 e. The van der Waals surface area contributed by atoms with E-state index in [0.717, 1.165) is 25.6 Å². The van der Waals surface area contributed by atoms with E-state index in [1.807, 2.05) is 4.90 Å². The minimum atomic E-state index is -0.515. The monoisotopic (exact) mass is 277 g/mol. The largest absolute Gasteiger partial charge is 0.383 e. The molecule has 2 N–H and O–H groups in total. The van der Waals surface area contributed by atoms with Gasteiger partial charge in [-0.1, -0.05) is 12.8 Å². The van der Waals surface area contributed by atoms with Gasteiger partial charge in [-0.15, -0.1) is 0 Å². The highest BCUT2D eigenvalue weighted by molar-refractivity contribution is 5.98. The first-order valence-electron chi connectivity index (χ1n) is 7.39. The van der Waals surface area contributed by atoms with Crippen LogP contribution in [0.25, 0.3) is 0 Å². The first-order chi connectivity index (χ1) is 9.66. The van der Waals surface area contributed by atoms with Crippen LogP contribution in [0.4, 0.5) is 10.2 Å². The van der Waals surface area contributed by atoms with Crippen molar-refractivity contribution in [1.29, 1.82) is 0 Å². The number of aromatic nitrogens is 1. The average Bonchev–Trinajstić information content (AvgIpc) is 3.10. The lowest BCUT2D eigenvalue weighted by atomic mass is 9.95. The van der Waals surface area contributed by atoms with Gasteiger partial charge in [-0.05, 0) is 37.7 Å². The van der Waals surface area contributed by atoms with Gasteiger partial charge in [0, 0.05) is 12.6 Å². The zero-order chi connectivity index (χ0) is 14.1. The molecule has 0 spiro atoms. The van der Waals surface area contributed by atoms with Gasteiger partial charge in [0.15, 0.2) is 0 Å². The summed E-state index contributed by atoms with van der Waals surface area (Å²) in [4.78, 5) is 18.3. The highest BCUT2D eigenvalue weighted by Crippen LogP contribution is 2.36. The third-order valence-electron chi connectivity index (χ3n) is 4.62. The number of pyridine rings is 1. The molecule has 5 heteroatoms. The Hall–Kier alpha value is -1.65. The molecular weight excluding hydrogens is 257 g/mol. The van der Waals surface area contributed by atoms with Gasteiger partial charge in [-0.2, -0.15) is 0 Å². The standard InChI is InChI=1S/C15H20FN3O/c16-11-8-12(14(17)18-9-11)15(20)19-7-3-6-13(19)10-4-1-2-5-10/h8-10,13H,1-7H2,(H2,17,18). The Bertz CT molecular complexity index is 514. The third kappa shape index (κ3) is 2.37. The summed E-state index contributed by atoms with van der Waals surface area (Å²) >= 11 is 0. The number of anilines is 1. The molecule has 1 aliphatic heterocycles. The number of carbonyl (C=O) groups excluding carboxylic acids is 1. The summed E-state index contributed by atoms with van der Waals surface area (Å²) in [7, 11) is 0. The maximum atomic E-state index is 13.3. The summed E-state index contributed by atoms with van der Waals surface area (Å²) in [5, 5.41) is 0. The first-order valence-corrected chi connectivity index (χ1v) is 7.39. The number of rotatable bonds is 2. The fourth-order valence-electron chi connectivity index (χ4n) is 3.65. The van der Waals surface area contributed by atoms with Crippen LogP contribution in [-0.4, -0.2) is 28.4 Å². The van der Waals surface area contributed by atoms with Gasteiger partial charge in [-0.25, -0.2) is 9.37 Å². The zero-order valence-corrected chi connectivity index (χ0v) is 11.5. The Labute approximate surface area is 118 Å². The van der Waals surface area contributed by atoms with Crippen molar-refractivity contribution in [3.05, 3.63) is 23.6 Å². The Kier molecular flexibility index (Phi) is 3.59. The van der Waals surface area contributed by atoms with Crippen LogP contribution in [-0.2, 0) is 0 Å². The number of hydrogen-bond acceptors (Lipinski definition) is 3. The Morgan fingerprint density at radius 2 is 2.05 bits per heavy atom. The molecule has 1 saturated carbocycles. The summed E-state index contributed by atoms with van der Waals surface area (Å²) in [5.74, 6) is 0.0423. The molecule has 1 aromatic rings. The highest BCUT2D eigenvalue weighted by atomic mass is 19.1. The van der Waals surface area contributed by atoms with Gasteiger partial charge in [0.2, 0.25) is 0 Å². The smallest absolute Gasteiger partial charge is 0.257 e. The normalized spacial score (nSPS) is 23.4. The SMILES string of the molecule is Nc1ncc(F)cc1C(=O)N1CCCC1C1CCCC1. The van der Waals surface area contributed by atoms with Crippen molar-refractivity contribution in [3.63, 3.8) is 0 Å². The second-order valence-corrected chi connectivity index (χ2v) is 5.84. The topological polar surface area (TPSA) is 59.2 Å². The number of nitrogen functional groups attached to an aromatic ring is 1. The summed E-state index contributed by atoms with van der Waals surface area (Å²) in [5.41, 5.74) is 5.94. The van der Waals surface area contributed by atoms with E-state index >= 15 is 0 Å². The van der Waals surface area contributed by atoms with Crippen LogP contribution < -0.4 is 5.73 Å². The lowest BCUT2D eigenvalue weighted by molar-refractivity contribution is 0.0689. The molecule has 108 valence electrons. The van der Waals surface area contributed by atoms with Crippen LogP contribution in [0.15, 0.2) is 12.3 Å². The molecule has 1 atom stereocenters. The minimum Gasteiger partial charge on any atom is -0.383 e. The number of nitrogens with zero attached hydrogens (tertiary/aromatic N) is 2. The lowest BCUT2D eigenvalue weighted by Gasteiger charge is -2.29. The molecule has 1 amide bonds. The predicted molar refractivity (Wildman–Crippen MR) is 74.6 cm³/mol.